The number of benzene rings is 3. The first-order valence-electron chi connectivity index (χ1n) is 9.90. The Morgan fingerprint density at radius 2 is 1.61 bits per heavy atom. The molecule has 0 fully saturated rings. The van der Waals surface area contributed by atoms with E-state index in [0.717, 1.165) is 0 Å². The van der Waals surface area contributed by atoms with Gasteiger partial charge in [-0.3, -0.25) is 4.79 Å². The smallest absolute Gasteiger partial charge is 0.343 e. The fraction of sp³-hybridized carbons (Fsp3) is 0.0800. The van der Waals surface area contributed by atoms with E-state index in [1.54, 1.807) is 54.6 Å². The van der Waals surface area contributed by atoms with Crippen molar-refractivity contribution >= 4 is 23.8 Å². The van der Waals surface area contributed by atoms with Gasteiger partial charge < -0.3 is 23.7 Å². The number of Topliss-reactive ketones (excluding diaryl/α,β-unsaturated/α-hetero) is 1. The molecule has 3 aromatic carbocycles. The Balaban J connectivity index is 1.32. The lowest BCUT2D eigenvalue weighted by atomic mass is 10.1. The number of hydrogen-bond donors (Lipinski definition) is 0. The molecule has 0 aromatic heterocycles. The largest absolute Gasteiger partial charge is 0.465 e. The molecule has 2 aliphatic rings. The van der Waals surface area contributed by atoms with Crippen LogP contribution in [0.15, 0.2) is 66.4 Å². The quantitative estimate of drug-likeness (QED) is 0.338. The van der Waals surface area contributed by atoms with Crippen molar-refractivity contribution in [3.8, 4) is 23.0 Å². The molecule has 2 heterocycles. The molecule has 2 aliphatic heterocycles. The summed E-state index contributed by atoms with van der Waals surface area (Å²) in [5, 5.41) is 0. The van der Waals surface area contributed by atoms with E-state index in [-0.39, 0.29) is 29.8 Å². The predicted molar refractivity (Wildman–Crippen MR) is 115 cm³/mol. The molecular weight excluding hydrogens is 428 g/mol. The molecule has 0 N–H and O–H groups in total. The Labute approximate surface area is 187 Å². The third-order valence-corrected chi connectivity index (χ3v) is 5.09. The number of methoxy groups -OCH3 is 1. The van der Waals surface area contributed by atoms with E-state index in [1.807, 2.05) is 0 Å². The van der Waals surface area contributed by atoms with Crippen LogP contribution in [0.5, 0.6) is 23.0 Å². The summed E-state index contributed by atoms with van der Waals surface area (Å²) in [4.78, 5) is 36.8. The molecule has 0 atom stereocenters. The third-order valence-electron chi connectivity index (χ3n) is 5.09. The first-order valence-corrected chi connectivity index (χ1v) is 9.90. The summed E-state index contributed by atoms with van der Waals surface area (Å²) in [5.74, 6) is 0.348. The Hall–Kier alpha value is -4.59. The van der Waals surface area contributed by atoms with Crippen LogP contribution in [0.4, 0.5) is 0 Å². The zero-order valence-corrected chi connectivity index (χ0v) is 17.3. The van der Waals surface area contributed by atoms with E-state index >= 15 is 0 Å². The maximum Gasteiger partial charge on any atom is 0.343 e. The third kappa shape index (κ3) is 3.89. The van der Waals surface area contributed by atoms with E-state index < -0.39 is 11.9 Å². The van der Waals surface area contributed by atoms with Crippen molar-refractivity contribution in [2.24, 2.45) is 0 Å². The predicted octanol–water partition coefficient (Wildman–Crippen LogP) is 4.04. The topological polar surface area (TPSA) is 97.4 Å². The molecule has 0 spiro atoms. The Bertz CT molecular complexity index is 1320. The van der Waals surface area contributed by atoms with Gasteiger partial charge in [0.25, 0.3) is 0 Å². The highest BCUT2D eigenvalue weighted by Crippen LogP contribution is 2.36. The van der Waals surface area contributed by atoms with Crippen LogP contribution in [0, 0.1) is 0 Å². The van der Waals surface area contributed by atoms with Gasteiger partial charge in [0.2, 0.25) is 12.6 Å². The van der Waals surface area contributed by atoms with Crippen molar-refractivity contribution in [3.05, 3.63) is 88.7 Å². The van der Waals surface area contributed by atoms with E-state index in [9.17, 15) is 14.4 Å². The molecule has 5 rings (SSSR count). The summed E-state index contributed by atoms with van der Waals surface area (Å²) >= 11 is 0. The minimum Gasteiger partial charge on any atom is -0.465 e. The first kappa shape index (κ1) is 20.3. The zero-order chi connectivity index (χ0) is 22.9. The molecule has 8 heteroatoms. The minimum atomic E-state index is -0.584. The van der Waals surface area contributed by atoms with E-state index in [1.165, 1.54) is 19.2 Å². The van der Waals surface area contributed by atoms with Gasteiger partial charge in [-0.2, -0.15) is 0 Å². The summed E-state index contributed by atoms with van der Waals surface area (Å²) in [6.45, 7) is 0.106. The first-order chi connectivity index (χ1) is 16.0. The van der Waals surface area contributed by atoms with Crippen LogP contribution in [0.3, 0.4) is 0 Å². The molecule has 8 nitrogen and oxygen atoms in total. The van der Waals surface area contributed by atoms with E-state index in [4.69, 9.17) is 18.9 Å². The Morgan fingerprint density at radius 3 is 2.39 bits per heavy atom. The van der Waals surface area contributed by atoms with Crippen molar-refractivity contribution in [1.82, 2.24) is 0 Å². The molecule has 0 bridgehead atoms. The molecule has 0 amide bonds. The minimum absolute atomic E-state index is 0.106. The molecule has 164 valence electrons. The van der Waals surface area contributed by atoms with E-state index in [2.05, 4.69) is 4.74 Å². The maximum atomic E-state index is 12.7. The van der Waals surface area contributed by atoms with Gasteiger partial charge in [-0.05, 0) is 54.1 Å². The number of hydrogen-bond acceptors (Lipinski definition) is 8. The van der Waals surface area contributed by atoms with Crippen LogP contribution in [0.2, 0.25) is 0 Å². The molecule has 0 aliphatic carbocycles. The van der Waals surface area contributed by atoms with Gasteiger partial charge in [0.05, 0.1) is 23.8 Å². The highest BCUT2D eigenvalue weighted by Gasteiger charge is 2.28. The highest BCUT2D eigenvalue weighted by atomic mass is 16.7. The second kappa shape index (κ2) is 8.16. The van der Waals surface area contributed by atoms with Gasteiger partial charge in [0.15, 0.2) is 17.3 Å². The molecule has 0 saturated carbocycles. The maximum absolute atomic E-state index is 12.7. The van der Waals surface area contributed by atoms with Gasteiger partial charge in [0, 0.05) is 6.07 Å². The van der Waals surface area contributed by atoms with Crippen molar-refractivity contribution in [3.63, 3.8) is 0 Å². The van der Waals surface area contributed by atoms with Crippen molar-refractivity contribution in [1.29, 1.82) is 0 Å². The molecule has 3 aromatic rings. The summed E-state index contributed by atoms with van der Waals surface area (Å²) in [7, 11) is 1.31. The molecular formula is C25H16O8. The van der Waals surface area contributed by atoms with Crippen LogP contribution in [-0.2, 0) is 4.74 Å². The molecule has 0 radical (unpaired) electrons. The van der Waals surface area contributed by atoms with Crippen LogP contribution in [0.1, 0.15) is 36.6 Å². The number of carbonyl (C=O) groups is 3. The van der Waals surface area contributed by atoms with Gasteiger partial charge >= 0.3 is 11.9 Å². The second-order valence-corrected chi connectivity index (χ2v) is 7.17. The van der Waals surface area contributed by atoms with Crippen molar-refractivity contribution < 1.29 is 38.1 Å². The zero-order valence-electron chi connectivity index (χ0n) is 17.3. The molecule has 33 heavy (non-hydrogen) atoms. The van der Waals surface area contributed by atoms with Crippen LogP contribution < -0.4 is 18.9 Å². The fourth-order valence-corrected chi connectivity index (χ4v) is 3.40. The summed E-state index contributed by atoms with van der Waals surface area (Å²) in [6, 6.07) is 15.9. The number of allylic oxidation sites excluding steroid dienone is 1. The van der Waals surface area contributed by atoms with Crippen molar-refractivity contribution in [2.75, 3.05) is 13.9 Å². The summed E-state index contributed by atoms with van der Waals surface area (Å²) < 4.78 is 26.3. The van der Waals surface area contributed by atoms with Gasteiger partial charge in [-0.25, -0.2) is 9.59 Å². The lowest BCUT2D eigenvalue weighted by Gasteiger charge is -2.06. The lowest BCUT2D eigenvalue weighted by Crippen LogP contribution is -2.08. The number of fused-ring (bicyclic) bond motifs is 2. The normalized spacial score (nSPS) is 14.6. The number of rotatable bonds is 4. The van der Waals surface area contributed by atoms with Gasteiger partial charge in [-0.15, -0.1) is 0 Å². The van der Waals surface area contributed by atoms with Gasteiger partial charge in [0.1, 0.15) is 11.5 Å². The highest BCUT2D eigenvalue weighted by molar-refractivity contribution is 6.14. The second-order valence-electron chi connectivity index (χ2n) is 7.17. The molecule has 0 saturated heterocycles. The van der Waals surface area contributed by atoms with Crippen molar-refractivity contribution in [2.45, 2.75) is 0 Å². The average molecular weight is 444 g/mol. The summed E-state index contributed by atoms with van der Waals surface area (Å²) in [5.41, 5.74) is 1.73. The van der Waals surface area contributed by atoms with Gasteiger partial charge in [-0.1, -0.05) is 12.1 Å². The monoisotopic (exact) mass is 444 g/mol. The number of ketones is 1. The molecule has 0 unspecified atom stereocenters. The number of carbonyl (C=O) groups excluding carboxylic acids is 3. The summed E-state index contributed by atoms with van der Waals surface area (Å²) in [6.07, 6.45) is 1.57. The van der Waals surface area contributed by atoms with Crippen LogP contribution in [-0.4, -0.2) is 31.6 Å². The van der Waals surface area contributed by atoms with Crippen LogP contribution in [0.25, 0.3) is 6.08 Å². The lowest BCUT2D eigenvalue weighted by molar-refractivity contribution is 0.0600. The Morgan fingerprint density at radius 1 is 0.848 bits per heavy atom. The standard InChI is InChI=1S/C25H16O8/c1-29-24(27)15-4-2-14(3-5-15)10-22-23(26)18-8-7-17(12-20(18)33-22)32-25(28)16-6-9-19-21(11-16)31-13-30-19/h2-12H,13H2,1H3. The number of esters is 2. The SMILES string of the molecule is COC(=O)c1ccc(C=C2Oc3cc(OC(=O)c4ccc5c(c4)OCO5)ccc3C2=O)cc1. The van der Waals surface area contributed by atoms with E-state index in [0.29, 0.717) is 33.8 Å². The Kier molecular flexibility index (Phi) is 5.02. The van der Waals surface area contributed by atoms with Crippen LogP contribution >= 0.6 is 0 Å². The average Bonchev–Trinajstić information content (AvgIpc) is 3.42. The fourth-order valence-electron chi connectivity index (χ4n) is 3.40. The number of ether oxygens (including phenoxy) is 5.